The number of benzene rings is 6. The Labute approximate surface area is 188 Å². The second kappa shape index (κ2) is 7.35. The summed E-state index contributed by atoms with van der Waals surface area (Å²) in [5.41, 5.74) is 7.91. The predicted molar refractivity (Wildman–Crippen MR) is 139 cm³/mol. The van der Waals surface area contributed by atoms with E-state index in [4.69, 9.17) is 0 Å². The molecule has 0 N–H and O–H groups in total. The van der Waals surface area contributed by atoms with E-state index in [-0.39, 0.29) is 0 Å². The van der Waals surface area contributed by atoms with Crippen molar-refractivity contribution in [1.82, 2.24) is 0 Å². The number of hydrogen-bond donors (Lipinski definition) is 0. The molecule has 32 heavy (non-hydrogen) atoms. The quantitative estimate of drug-likeness (QED) is 0.251. The van der Waals surface area contributed by atoms with Gasteiger partial charge in [-0.15, -0.1) is 0 Å². The fraction of sp³-hybridized carbons (Fsp3) is 0.0625. The fourth-order valence-corrected chi connectivity index (χ4v) is 5.40. The summed E-state index contributed by atoms with van der Waals surface area (Å²) in [5, 5.41) is 8.02. The maximum absolute atomic E-state index is 2.29. The third-order valence-electron chi connectivity index (χ3n) is 6.83. The van der Waals surface area contributed by atoms with Crippen LogP contribution in [0.1, 0.15) is 11.1 Å². The smallest absolute Gasteiger partial charge is 0.00234 e. The number of hydrogen-bond acceptors (Lipinski definition) is 0. The van der Waals surface area contributed by atoms with Gasteiger partial charge in [0.05, 0.1) is 0 Å². The van der Waals surface area contributed by atoms with Crippen LogP contribution in [0.25, 0.3) is 54.6 Å². The van der Waals surface area contributed by atoms with Gasteiger partial charge in [-0.3, -0.25) is 0 Å². The Bertz CT molecular complexity index is 1480. The van der Waals surface area contributed by atoms with Crippen molar-refractivity contribution < 1.29 is 0 Å². The average Bonchev–Trinajstić information content (AvgIpc) is 2.87. The van der Waals surface area contributed by atoms with Crippen LogP contribution in [0.4, 0.5) is 0 Å². The summed E-state index contributed by atoms with van der Waals surface area (Å²) in [7, 11) is 0. The van der Waals surface area contributed by atoms with Gasteiger partial charge in [0.1, 0.15) is 0 Å². The SMILES string of the molecule is Cc1c2ccccc2c(C)c2c(-c3ccccc3)c3ccccc3c(-c3ccccc3)c12. The molecule has 0 aromatic heterocycles. The van der Waals surface area contributed by atoms with Crippen molar-refractivity contribution in [2.24, 2.45) is 0 Å². The Kier molecular flexibility index (Phi) is 4.33. The lowest BCUT2D eigenvalue weighted by atomic mass is 9.81. The van der Waals surface area contributed by atoms with Gasteiger partial charge in [0.25, 0.3) is 0 Å². The minimum Gasteiger partial charge on any atom is -0.0622 e. The molecule has 0 radical (unpaired) electrons. The van der Waals surface area contributed by atoms with Gasteiger partial charge in [0.2, 0.25) is 0 Å². The van der Waals surface area contributed by atoms with Gasteiger partial charge in [-0.05, 0) is 79.5 Å². The van der Waals surface area contributed by atoms with Gasteiger partial charge in [-0.25, -0.2) is 0 Å². The molecule has 0 amide bonds. The van der Waals surface area contributed by atoms with E-state index in [1.54, 1.807) is 0 Å². The second-order valence-electron chi connectivity index (χ2n) is 8.57. The molecule has 0 nitrogen and oxygen atoms in total. The van der Waals surface area contributed by atoms with E-state index in [0.29, 0.717) is 0 Å². The molecule has 0 saturated carbocycles. The van der Waals surface area contributed by atoms with Crippen LogP contribution in [0, 0.1) is 13.8 Å². The molecule has 0 aliphatic rings. The summed E-state index contributed by atoms with van der Waals surface area (Å²) in [6.45, 7) is 4.58. The van der Waals surface area contributed by atoms with Crippen LogP contribution in [-0.4, -0.2) is 0 Å². The second-order valence-corrected chi connectivity index (χ2v) is 8.57. The highest BCUT2D eigenvalue weighted by Gasteiger charge is 2.21. The predicted octanol–water partition coefficient (Wildman–Crippen LogP) is 9.10. The van der Waals surface area contributed by atoms with Gasteiger partial charge in [0, 0.05) is 0 Å². The van der Waals surface area contributed by atoms with Gasteiger partial charge in [-0.2, -0.15) is 0 Å². The molecule has 0 aliphatic heterocycles. The van der Waals surface area contributed by atoms with E-state index in [2.05, 4.69) is 123 Å². The minimum absolute atomic E-state index is 1.27. The molecule has 0 bridgehead atoms. The molecule has 0 saturated heterocycles. The molecule has 0 spiro atoms. The van der Waals surface area contributed by atoms with Crippen LogP contribution in [0.2, 0.25) is 0 Å². The van der Waals surface area contributed by atoms with Crippen molar-refractivity contribution >= 4 is 32.3 Å². The standard InChI is InChI=1S/C32H24/c1-21-25-17-9-10-18-26(25)22(2)30-29(21)31(23-13-5-3-6-14-23)27-19-11-12-20-28(27)32(30)24-15-7-4-8-16-24/h3-20H,1-2H3. The van der Waals surface area contributed by atoms with Crippen molar-refractivity contribution in [1.29, 1.82) is 0 Å². The summed E-state index contributed by atoms with van der Waals surface area (Å²) in [4.78, 5) is 0. The Hall–Kier alpha value is -3.90. The Balaban J connectivity index is 1.98. The summed E-state index contributed by atoms with van der Waals surface area (Å²) < 4.78 is 0. The lowest BCUT2D eigenvalue weighted by Crippen LogP contribution is -1.96. The third-order valence-corrected chi connectivity index (χ3v) is 6.83. The molecule has 152 valence electrons. The van der Waals surface area contributed by atoms with Crippen LogP contribution in [0.15, 0.2) is 109 Å². The first-order chi connectivity index (χ1) is 15.8. The summed E-state index contributed by atoms with van der Waals surface area (Å²) in [6, 6.07) is 39.5. The molecule has 0 unspecified atom stereocenters. The first kappa shape index (κ1) is 18.8. The molecule has 0 atom stereocenters. The van der Waals surface area contributed by atoms with E-state index >= 15 is 0 Å². The lowest BCUT2D eigenvalue weighted by Gasteiger charge is -2.22. The zero-order valence-corrected chi connectivity index (χ0v) is 18.4. The summed E-state index contributed by atoms with van der Waals surface area (Å²) in [5.74, 6) is 0. The van der Waals surface area contributed by atoms with Gasteiger partial charge in [0.15, 0.2) is 0 Å². The van der Waals surface area contributed by atoms with E-state index in [1.165, 1.54) is 65.7 Å². The van der Waals surface area contributed by atoms with Crippen LogP contribution in [-0.2, 0) is 0 Å². The highest BCUT2D eigenvalue weighted by Crippen LogP contribution is 2.47. The lowest BCUT2D eigenvalue weighted by molar-refractivity contribution is 1.52. The average molecular weight is 409 g/mol. The molecule has 0 heterocycles. The molecular weight excluding hydrogens is 384 g/mol. The first-order valence-corrected chi connectivity index (χ1v) is 11.2. The topological polar surface area (TPSA) is 0 Å². The molecule has 0 heteroatoms. The van der Waals surface area contributed by atoms with E-state index in [1.807, 2.05) is 0 Å². The van der Waals surface area contributed by atoms with Crippen LogP contribution in [0.3, 0.4) is 0 Å². The Morgan fingerprint density at radius 1 is 0.344 bits per heavy atom. The van der Waals surface area contributed by atoms with E-state index in [0.717, 1.165) is 0 Å². The zero-order valence-electron chi connectivity index (χ0n) is 18.4. The van der Waals surface area contributed by atoms with Crippen molar-refractivity contribution in [3.05, 3.63) is 120 Å². The summed E-state index contributed by atoms with van der Waals surface area (Å²) >= 11 is 0. The van der Waals surface area contributed by atoms with Crippen molar-refractivity contribution in [2.45, 2.75) is 13.8 Å². The number of fused-ring (bicyclic) bond motifs is 3. The molecule has 6 rings (SSSR count). The van der Waals surface area contributed by atoms with Crippen LogP contribution >= 0.6 is 0 Å². The number of rotatable bonds is 2. The maximum atomic E-state index is 2.29. The highest BCUT2D eigenvalue weighted by molar-refractivity contribution is 6.26. The van der Waals surface area contributed by atoms with E-state index in [9.17, 15) is 0 Å². The summed E-state index contributed by atoms with van der Waals surface area (Å²) in [6.07, 6.45) is 0. The zero-order chi connectivity index (χ0) is 21.7. The van der Waals surface area contributed by atoms with E-state index < -0.39 is 0 Å². The fourth-order valence-electron chi connectivity index (χ4n) is 5.40. The van der Waals surface area contributed by atoms with Gasteiger partial charge in [-0.1, -0.05) is 109 Å². The molecule has 0 fully saturated rings. The molecule has 0 aliphatic carbocycles. The minimum atomic E-state index is 1.27. The number of aryl methyl sites for hydroxylation is 2. The monoisotopic (exact) mass is 408 g/mol. The van der Waals surface area contributed by atoms with Crippen molar-refractivity contribution in [3.8, 4) is 22.3 Å². The Morgan fingerprint density at radius 2 is 0.656 bits per heavy atom. The van der Waals surface area contributed by atoms with Crippen molar-refractivity contribution in [2.75, 3.05) is 0 Å². The van der Waals surface area contributed by atoms with Crippen LogP contribution < -0.4 is 0 Å². The largest absolute Gasteiger partial charge is 0.0622 e. The van der Waals surface area contributed by atoms with Gasteiger partial charge < -0.3 is 0 Å². The highest BCUT2D eigenvalue weighted by atomic mass is 14.2. The van der Waals surface area contributed by atoms with Crippen LogP contribution in [0.5, 0.6) is 0 Å². The maximum Gasteiger partial charge on any atom is -0.00234 e. The third kappa shape index (κ3) is 2.70. The van der Waals surface area contributed by atoms with Gasteiger partial charge >= 0.3 is 0 Å². The normalized spacial score (nSPS) is 11.4. The first-order valence-electron chi connectivity index (χ1n) is 11.2. The van der Waals surface area contributed by atoms with Crippen molar-refractivity contribution in [3.63, 3.8) is 0 Å². The molecule has 6 aromatic rings. The molecular formula is C32H24. The molecule has 6 aromatic carbocycles. The Morgan fingerprint density at radius 3 is 1.03 bits per heavy atom.